The molecule has 0 aliphatic carbocycles. The number of alkyl halides is 3. The average Bonchev–Trinajstić information content (AvgIpc) is 3.03. The lowest BCUT2D eigenvalue weighted by Crippen LogP contribution is -2.62. The molecule has 2 aliphatic heterocycles. The van der Waals surface area contributed by atoms with Crippen LogP contribution in [0.2, 0.25) is 0 Å². The van der Waals surface area contributed by atoms with Gasteiger partial charge in [-0.05, 0) is 50.3 Å². The Balaban J connectivity index is 1.51. The Hall–Kier alpha value is -2.58. The molecule has 1 aromatic heterocycles. The van der Waals surface area contributed by atoms with Crippen molar-refractivity contribution in [2.24, 2.45) is 0 Å². The number of hydrogen-bond acceptors (Lipinski definition) is 3. The first kappa shape index (κ1) is 17.8. The summed E-state index contributed by atoms with van der Waals surface area (Å²) in [7, 11) is 0. The van der Waals surface area contributed by atoms with E-state index in [1.165, 1.54) is 12.6 Å². The number of nitrogens with one attached hydrogen (secondary N) is 1. The van der Waals surface area contributed by atoms with Crippen LogP contribution in [0.4, 0.5) is 23.7 Å². The van der Waals surface area contributed by atoms with Gasteiger partial charge in [-0.25, -0.2) is 4.79 Å². The molecular weight excluding hydrogens is 359 g/mol. The molecule has 2 fully saturated rings. The van der Waals surface area contributed by atoms with Crippen LogP contribution >= 0.6 is 0 Å². The van der Waals surface area contributed by atoms with Gasteiger partial charge in [0.25, 0.3) is 0 Å². The lowest BCUT2D eigenvalue weighted by atomic mass is 9.80. The highest BCUT2D eigenvalue weighted by Gasteiger charge is 2.44. The van der Waals surface area contributed by atoms with Crippen molar-refractivity contribution < 1.29 is 18.0 Å². The number of piperidine rings is 1. The van der Waals surface area contributed by atoms with E-state index < -0.39 is 12.7 Å². The highest BCUT2D eigenvalue weighted by atomic mass is 19.4. The summed E-state index contributed by atoms with van der Waals surface area (Å²) in [6, 6.07) is 5.86. The van der Waals surface area contributed by atoms with E-state index in [-0.39, 0.29) is 6.03 Å². The Morgan fingerprint density at radius 3 is 2.70 bits per heavy atom. The van der Waals surface area contributed by atoms with Gasteiger partial charge in [-0.1, -0.05) is 6.07 Å². The van der Waals surface area contributed by atoms with Gasteiger partial charge >= 0.3 is 12.2 Å². The number of carbonyl (C=O) groups is 1. The van der Waals surface area contributed by atoms with Crippen molar-refractivity contribution >= 4 is 11.7 Å². The van der Waals surface area contributed by atoms with Crippen LogP contribution in [-0.2, 0) is 6.54 Å². The minimum Gasteiger partial charge on any atom is -0.318 e. The molecule has 0 saturated carbocycles. The smallest absolute Gasteiger partial charge is 0.318 e. The highest BCUT2D eigenvalue weighted by Crippen LogP contribution is 2.38. The molecule has 2 bridgehead atoms. The predicted octanol–water partition coefficient (Wildman–Crippen LogP) is 3.97. The van der Waals surface area contributed by atoms with Gasteiger partial charge in [0.05, 0.1) is 6.20 Å². The molecule has 2 unspecified atom stereocenters. The molecule has 2 atom stereocenters. The number of nitrogens with zero attached hydrogens (tertiary/aromatic N) is 4. The fourth-order valence-electron chi connectivity index (χ4n) is 3.96. The third-order valence-corrected chi connectivity index (χ3v) is 5.26. The van der Waals surface area contributed by atoms with Crippen molar-refractivity contribution in [1.82, 2.24) is 19.9 Å². The van der Waals surface area contributed by atoms with E-state index in [9.17, 15) is 18.0 Å². The van der Waals surface area contributed by atoms with Crippen molar-refractivity contribution in [1.29, 1.82) is 0 Å². The van der Waals surface area contributed by atoms with Gasteiger partial charge in [0.1, 0.15) is 5.69 Å². The van der Waals surface area contributed by atoms with E-state index in [1.54, 1.807) is 12.1 Å². The second-order valence-corrected chi connectivity index (χ2v) is 7.22. The number of amides is 2. The Bertz CT molecular complexity index is 849. The standard InChI is InChI=1S/C18H20F3N5O/c1-11-5-6-12(23-17(27)26-13-3-2-4-14(26)8-13)7-15(11)16-9-22-25(24-16)10-18(19,20)21/h5-7,9,13-14H,2-4,8,10H2,1H3,(H,23,27). The Morgan fingerprint density at radius 1 is 1.30 bits per heavy atom. The molecular formula is C18H20F3N5O. The summed E-state index contributed by atoms with van der Waals surface area (Å²) in [6.07, 6.45) is 1.27. The zero-order valence-corrected chi connectivity index (χ0v) is 14.8. The van der Waals surface area contributed by atoms with E-state index in [0.29, 0.717) is 33.8 Å². The number of carbonyl (C=O) groups excluding carboxylic acids is 1. The summed E-state index contributed by atoms with van der Waals surface area (Å²) in [5, 5.41) is 10.5. The van der Waals surface area contributed by atoms with Crippen molar-refractivity contribution in [3.8, 4) is 11.3 Å². The minimum absolute atomic E-state index is 0.119. The monoisotopic (exact) mass is 379 g/mol. The number of hydrogen-bond donors (Lipinski definition) is 1. The molecule has 9 heteroatoms. The first-order chi connectivity index (χ1) is 12.8. The lowest BCUT2D eigenvalue weighted by Gasteiger charge is -2.52. The number of anilines is 1. The molecule has 0 radical (unpaired) electrons. The van der Waals surface area contributed by atoms with Gasteiger partial charge in [-0.3, -0.25) is 0 Å². The van der Waals surface area contributed by atoms with Gasteiger partial charge in [0.2, 0.25) is 0 Å². The summed E-state index contributed by atoms with van der Waals surface area (Å²) < 4.78 is 37.5. The molecule has 2 saturated heterocycles. The van der Waals surface area contributed by atoms with Crippen molar-refractivity contribution in [2.45, 2.75) is 57.4 Å². The Morgan fingerprint density at radius 2 is 2.04 bits per heavy atom. The van der Waals surface area contributed by atoms with E-state index in [0.717, 1.165) is 24.8 Å². The van der Waals surface area contributed by atoms with Crippen LogP contribution in [0.3, 0.4) is 0 Å². The number of aromatic nitrogens is 3. The van der Waals surface area contributed by atoms with Gasteiger partial charge in [0, 0.05) is 23.3 Å². The molecule has 2 aliphatic rings. The highest BCUT2D eigenvalue weighted by molar-refractivity contribution is 5.91. The third kappa shape index (κ3) is 3.63. The third-order valence-electron chi connectivity index (χ3n) is 5.26. The van der Waals surface area contributed by atoms with Gasteiger partial charge in [0.15, 0.2) is 6.54 Å². The molecule has 1 aromatic carbocycles. The molecule has 144 valence electrons. The van der Waals surface area contributed by atoms with Crippen molar-refractivity contribution in [2.75, 3.05) is 5.32 Å². The maximum Gasteiger partial charge on any atom is 0.409 e. The predicted molar refractivity (Wildman–Crippen MR) is 93.2 cm³/mol. The number of fused-ring (bicyclic) bond motifs is 2. The van der Waals surface area contributed by atoms with Crippen LogP contribution in [0.1, 0.15) is 31.2 Å². The number of halogens is 3. The Kier molecular flexibility index (Phi) is 4.32. The van der Waals surface area contributed by atoms with Crippen molar-refractivity contribution in [3.05, 3.63) is 30.0 Å². The van der Waals surface area contributed by atoms with Crippen LogP contribution in [0.15, 0.2) is 24.4 Å². The molecule has 2 amide bonds. The second kappa shape index (κ2) is 6.54. The first-order valence-corrected chi connectivity index (χ1v) is 8.97. The maximum atomic E-state index is 12.6. The topological polar surface area (TPSA) is 63.1 Å². The summed E-state index contributed by atoms with van der Waals surface area (Å²) in [5.41, 5.74) is 2.42. The second-order valence-electron chi connectivity index (χ2n) is 7.22. The van der Waals surface area contributed by atoms with Crippen LogP contribution in [-0.4, -0.2) is 44.2 Å². The van der Waals surface area contributed by atoms with Crippen LogP contribution < -0.4 is 5.32 Å². The van der Waals surface area contributed by atoms with Crippen LogP contribution in [0.5, 0.6) is 0 Å². The summed E-state index contributed by atoms with van der Waals surface area (Å²) >= 11 is 0. The summed E-state index contributed by atoms with van der Waals surface area (Å²) in [5.74, 6) is 0. The number of aryl methyl sites for hydroxylation is 1. The molecule has 27 heavy (non-hydrogen) atoms. The quantitative estimate of drug-likeness (QED) is 0.878. The zero-order chi connectivity index (χ0) is 19.2. The van der Waals surface area contributed by atoms with Gasteiger partial charge in [-0.2, -0.15) is 28.2 Å². The lowest BCUT2D eigenvalue weighted by molar-refractivity contribution is -0.144. The molecule has 0 spiro atoms. The summed E-state index contributed by atoms with van der Waals surface area (Å²) in [6.45, 7) is 0.601. The normalized spacial score (nSPS) is 21.7. The minimum atomic E-state index is -4.38. The van der Waals surface area contributed by atoms with Crippen LogP contribution in [0.25, 0.3) is 11.3 Å². The van der Waals surface area contributed by atoms with E-state index in [1.807, 2.05) is 17.9 Å². The fraction of sp³-hybridized carbons (Fsp3) is 0.500. The van der Waals surface area contributed by atoms with Crippen LogP contribution in [0, 0.1) is 6.92 Å². The summed E-state index contributed by atoms with van der Waals surface area (Å²) in [4.78, 5) is 15.1. The number of benzene rings is 1. The van der Waals surface area contributed by atoms with Gasteiger partial charge < -0.3 is 10.2 Å². The molecule has 4 rings (SSSR count). The first-order valence-electron chi connectivity index (χ1n) is 8.97. The number of rotatable bonds is 3. The van der Waals surface area contributed by atoms with E-state index in [4.69, 9.17) is 0 Å². The van der Waals surface area contributed by atoms with Crippen molar-refractivity contribution in [3.63, 3.8) is 0 Å². The van der Waals surface area contributed by atoms with E-state index >= 15 is 0 Å². The van der Waals surface area contributed by atoms with E-state index in [2.05, 4.69) is 15.5 Å². The maximum absolute atomic E-state index is 12.6. The average molecular weight is 379 g/mol. The SMILES string of the molecule is Cc1ccc(NC(=O)N2C3CCCC2C3)cc1-c1cnn(CC(F)(F)F)n1. The molecule has 6 nitrogen and oxygen atoms in total. The molecule has 2 aromatic rings. The molecule has 3 heterocycles. The number of urea groups is 1. The largest absolute Gasteiger partial charge is 0.409 e. The Labute approximate surface area is 154 Å². The zero-order valence-electron chi connectivity index (χ0n) is 14.8. The van der Waals surface area contributed by atoms with Gasteiger partial charge in [-0.15, -0.1) is 0 Å². The fourth-order valence-corrected chi connectivity index (χ4v) is 3.96. The molecule has 1 N–H and O–H groups in total.